The molecule has 2 aliphatic rings. The number of hydrogen-bond donors (Lipinski definition) is 2. The Bertz CT molecular complexity index is 257. The van der Waals surface area contributed by atoms with Gasteiger partial charge in [-0.1, -0.05) is 19.8 Å². The van der Waals surface area contributed by atoms with E-state index in [1.54, 1.807) is 0 Å². The summed E-state index contributed by atoms with van der Waals surface area (Å²) >= 11 is 0. The molecule has 0 aromatic rings. The molecule has 3 atom stereocenters. The lowest BCUT2D eigenvalue weighted by molar-refractivity contribution is -0.125. The van der Waals surface area contributed by atoms with Gasteiger partial charge in [0.25, 0.3) is 0 Å². The summed E-state index contributed by atoms with van der Waals surface area (Å²) in [5.41, 5.74) is 5.49. The van der Waals surface area contributed by atoms with Crippen LogP contribution in [0.1, 0.15) is 32.6 Å². The van der Waals surface area contributed by atoms with Crippen LogP contribution in [0.4, 0.5) is 0 Å². The number of primary amides is 1. The van der Waals surface area contributed by atoms with Crippen molar-refractivity contribution in [2.45, 2.75) is 44.7 Å². The minimum atomic E-state index is -0.176. The molecule has 0 radical (unpaired) electrons. The van der Waals surface area contributed by atoms with Gasteiger partial charge in [0.2, 0.25) is 5.91 Å². The lowest BCUT2D eigenvalue weighted by Crippen LogP contribution is -2.61. The highest BCUT2D eigenvalue weighted by atomic mass is 16.1. The second kappa shape index (κ2) is 5.15. The molecule has 1 heterocycles. The first-order valence-electron chi connectivity index (χ1n) is 6.46. The Hall–Kier alpha value is -0.610. The fourth-order valence-electron chi connectivity index (χ4n) is 3.17. The predicted octanol–water partition coefficient (Wildman–Crippen LogP) is 0.324. The predicted molar refractivity (Wildman–Crippen MR) is 64.0 cm³/mol. The van der Waals surface area contributed by atoms with Crippen molar-refractivity contribution in [1.82, 2.24) is 10.2 Å². The molecule has 92 valence electrons. The number of hydrogen-bond acceptors (Lipinski definition) is 3. The molecule has 0 spiro atoms. The van der Waals surface area contributed by atoms with E-state index in [9.17, 15) is 4.79 Å². The van der Waals surface area contributed by atoms with Crippen LogP contribution < -0.4 is 11.1 Å². The Labute approximate surface area is 97.6 Å². The standard InChI is InChI=1S/C12H23N3O/c1-9-4-2-3-5-10(9)15-7-6-14-8-11(15)12(13)16/h9-11,14H,2-8H2,1H3,(H2,13,16). The second-order valence-corrected chi connectivity index (χ2v) is 5.19. The maximum Gasteiger partial charge on any atom is 0.236 e. The molecule has 1 amide bonds. The number of nitrogens with one attached hydrogen (secondary N) is 1. The van der Waals surface area contributed by atoms with E-state index >= 15 is 0 Å². The molecule has 4 heteroatoms. The molecule has 4 nitrogen and oxygen atoms in total. The molecule has 2 fully saturated rings. The molecular formula is C12H23N3O. The summed E-state index contributed by atoms with van der Waals surface area (Å²) in [6.45, 7) is 4.97. The maximum atomic E-state index is 11.5. The summed E-state index contributed by atoms with van der Waals surface area (Å²) in [5, 5.41) is 3.26. The zero-order valence-corrected chi connectivity index (χ0v) is 10.1. The van der Waals surface area contributed by atoms with Gasteiger partial charge in [-0.15, -0.1) is 0 Å². The topological polar surface area (TPSA) is 58.4 Å². The first-order valence-corrected chi connectivity index (χ1v) is 6.46. The van der Waals surface area contributed by atoms with Crippen molar-refractivity contribution in [3.63, 3.8) is 0 Å². The third-order valence-corrected chi connectivity index (χ3v) is 4.11. The number of rotatable bonds is 2. The van der Waals surface area contributed by atoms with Crippen LogP contribution in [0, 0.1) is 5.92 Å². The fraction of sp³-hybridized carbons (Fsp3) is 0.917. The molecule has 0 aromatic heterocycles. The Balaban J connectivity index is 2.06. The number of nitrogens with two attached hydrogens (primary N) is 1. The minimum absolute atomic E-state index is 0.0979. The SMILES string of the molecule is CC1CCCCC1N1CCNCC1C(N)=O. The van der Waals surface area contributed by atoms with E-state index < -0.39 is 0 Å². The van der Waals surface area contributed by atoms with E-state index in [-0.39, 0.29) is 11.9 Å². The van der Waals surface area contributed by atoms with Crippen molar-refractivity contribution in [3.8, 4) is 0 Å². The van der Waals surface area contributed by atoms with Crippen molar-refractivity contribution in [3.05, 3.63) is 0 Å². The molecule has 3 unspecified atom stereocenters. The van der Waals surface area contributed by atoms with Gasteiger partial charge in [-0.2, -0.15) is 0 Å². The molecular weight excluding hydrogens is 202 g/mol. The van der Waals surface area contributed by atoms with Gasteiger partial charge in [0.05, 0.1) is 0 Å². The number of carbonyl (C=O) groups excluding carboxylic acids is 1. The van der Waals surface area contributed by atoms with E-state index in [1.807, 2.05) is 0 Å². The van der Waals surface area contributed by atoms with Crippen molar-refractivity contribution in [2.24, 2.45) is 11.7 Å². The molecule has 1 aliphatic carbocycles. The summed E-state index contributed by atoms with van der Waals surface area (Å²) in [4.78, 5) is 13.8. The van der Waals surface area contributed by atoms with Gasteiger partial charge in [0.1, 0.15) is 6.04 Å². The van der Waals surface area contributed by atoms with E-state index in [1.165, 1.54) is 25.7 Å². The van der Waals surface area contributed by atoms with E-state index in [0.717, 1.165) is 19.6 Å². The first kappa shape index (κ1) is 11.9. The van der Waals surface area contributed by atoms with Gasteiger partial charge >= 0.3 is 0 Å². The van der Waals surface area contributed by atoms with E-state index in [4.69, 9.17) is 5.73 Å². The fourth-order valence-corrected chi connectivity index (χ4v) is 3.17. The Kier molecular flexibility index (Phi) is 3.82. The van der Waals surface area contributed by atoms with Crippen LogP contribution >= 0.6 is 0 Å². The van der Waals surface area contributed by atoms with Crippen molar-refractivity contribution < 1.29 is 4.79 Å². The average Bonchev–Trinajstić information content (AvgIpc) is 2.29. The number of nitrogens with zero attached hydrogens (tertiary/aromatic N) is 1. The van der Waals surface area contributed by atoms with Crippen molar-refractivity contribution in [1.29, 1.82) is 0 Å². The van der Waals surface area contributed by atoms with Crippen LogP contribution in [-0.2, 0) is 4.79 Å². The Morgan fingerprint density at radius 3 is 2.81 bits per heavy atom. The van der Waals surface area contributed by atoms with Crippen molar-refractivity contribution in [2.75, 3.05) is 19.6 Å². The van der Waals surface area contributed by atoms with Crippen LogP contribution in [0.3, 0.4) is 0 Å². The van der Waals surface area contributed by atoms with Crippen LogP contribution in [0.2, 0.25) is 0 Å². The monoisotopic (exact) mass is 225 g/mol. The van der Waals surface area contributed by atoms with E-state index in [2.05, 4.69) is 17.1 Å². The average molecular weight is 225 g/mol. The molecule has 16 heavy (non-hydrogen) atoms. The summed E-state index contributed by atoms with van der Waals surface area (Å²) in [6.07, 6.45) is 5.15. The minimum Gasteiger partial charge on any atom is -0.368 e. The highest BCUT2D eigenvalue weighted by molar-refractivity contribution is 5.80. The summed E-state index contributed by atoms with van der Waals surface area (Å²) in [5.74, 6) is 0.527. The summed E-state index contributed by atoms with van der Waals surface area (Å²) in [7, 11) is 0. The van der Waals surface area contributed by atoms with E-state index in [0.29, 0.717) is 12.0 Å². The smallest absolute Gasteiger partial charge is 0.236 e. The van der Waals surface area contributed by atoms with Gasteiger partial charge in [-0.25, -0.2) is 0 Å². The highest BCUT2D eigenvalue weighted by Gasteiger charge is 2.35. The molecule has 0 bridgehead atoms. The summed E-state index contributed by atoms with van der Waals surface area (Å²) < 4.78 is 0. The van der Waals surface area contributed by atoms with Crippen molar-refractivity contribution >= 4 is 5.91 Å². The van der Waals surface area contributed by atoms with Crippen LogP contribution in [-0.4, -0.2) is 42.5 Å². The number of piperazine rings is 1. The molecule has 1 saturated carbocycles. The first-order chi connectivity index (χ1) is 7.70. The quantitative estimate of drug-likeness (QED) is 0.712. The van der Waals surface area contributed by atoms with Crippen LogP contribution in [0.15, 0.2) is 0 Å². The second-order valence-electron chi connectivity index (χ2n) is 5.19. The molecule has 1 aliphatic heterocycles. The van der Waals surface area contributed by atoms with Gasteiger partial charge < -0.3 is 11.1 Å². The zero-order valence-electron chi connectivity index (χ0n) is 10.1. The van der Waals surface area contributed by atoms with Crippen LogP contribution in [0.25, 0.3) is 0 Å². The zero-order chi connectivity index (χ0) is 11.5. The lowest BCUT2D eigenvalue weighted by atomic mass is 9.84. The third-order valence-electron chi connectivity index (χ3n) is 4.11. The van der Waals surface area contributed by atoms with Crippen LogP contribution in [0.5, 0.6) is 0 Å². The lowest BCUT2D eigenvalue weighted by Gasteiger charge is -2.44. The van der Waals surface area contributed by atoms with Gasteiger partial charge in [-0.3, -0.25) is 9.69 Å². The number of amides is 1. The Morgan fingerprint density at radius 1 is 1.38 bits per heavy atom. The van der Waals surface area contributed by atoms with Gasteiger partial charge in [0, 0.05) is 25.7 Å². The maximum absolute atomic E-state index is 11.5. The number of carbonyl (C=O) groups is 1. The molecule has 0 aromatic carbocycles. The third kappa shape index (κ3) is 2.38. The highest BCUT2D eigenvalue weighted by Crippen LogP contribution is 2.29. The molecule has 3 N–H and O–H groups in total. The molecule has 1 saturated heterocycles. The van der Waals surface area contributed by atoms with Gasteiger partial charge in [0.15, 0.2) is 0 Å². The van der Waals surface area contributed by atoms with Gasteiger partial charge in [-0.05, 0) is 18.8 Å². The Morgan fingerprint density at radius 2 is 2.12 bits per heavy atom. The normalized spacial score (nSPS) is 37.2. The summed E-state index contributed by atoms with van der Waals surface area (Å²) in [6, 6.07) is 0.465. The largest absolute Gasteiger partial charge is 0.368 e. The molecule has 2 rings (SSSR count).